The largest absolute Gasteiger partial charge is 0.394 e. The zero-order valence-electron chi connectivity index (χ0n) is 14.7. The van der Waals surface area contributed by atoms with E-state index in [1.807, 2.05) is 32.0 Å². The Morgan fingerprint density at radius 1 is 1.20 bits per heavy atom. The molecule has 1 unspecified atom stereocenters. The van der Waals surface area contributed by atoms with Crippen LogP contribution in [-0.4, -0.2) is 54.0 Å². The second-order valence-electron chi connectivity index (χ2n) is 6.22. The molecule has 1 atom stereocenters. The fourth-order valence-electron chi connectivity index (χ4n) is 2.69. The summed E-state index contributed by atoms with van der Waals surface area (Å²) in [4.78, 5) is 11.1. The van der Waals surface area contributed by atoms with Crippen LogP contribution in [0.3, 0.4) is 0 Å². The van der Waals surface area contributed by atoms with Crippen LogP contribution in [0, 0.1) is 6.92 Å². The van der Waals surface area contributed by atoms with Gasteiger partial charge in [-0.2, -0.15) is 4.98 Å². The molecular weight excluding hydrogens is 318 g/mol. The van der Waals surface area contributed by atoms with Gasteiger partial charge in [0.2, 0.25) is 5.95 Å². The lowest BCUT2D eigenvalue weighted by Gasteiger charge is -2.28. The molecule has 3 N–H and O–H groups in total. The van der Waals surface area contributed by atoms with E-state index in [-0.39, 0.29) is 12.6 Å². The van der Waals surface area contributed by atoms with E-state index < -0.39 is 0 Å². The van der Waals surface area contributed by atoms with Crippen LogP contribution in [-0.2, 0) is 4.74 Å². The number of hydrogen-bond donors (Lipinski definition) is 3. The molecule has 1 fully saturated rings. The summed E-state index contributed by atoms with van der Waals surface area (Å²) >= 11 is 0. The first-order chi connectivity index (χ1) is 12.1. The maximum atomic E-state index is 9.16. The molecule has 2 heterocycles. The second kappa shape index (κ2) is 8.13. The van der Waals surface area contributed by atoms with Crippen LogP contribution < -0.4 is 15.5 Å². The Morgan fingerprint density at radius 3 is 2.60 bits per heavy atom. The summed E-state index contributed by atoms with van der Waals surface area (Å²) in [5, 5.41) is 15.5. The van der Waals surface area contributed by atoms with Gasteiger partial charge >= 0.3 is 0 Å². The number of anilines is 4. The van der Waals surface area contributed by atoms with Gasteiger partial charge in [0.05, 0.1) is 19.8 Å². The fourth-order valence-corrected chi connectivity index (χ4v) is 2.69. The lowest BCUT2D eigenvalue weighted by molar-refractivity contribution is 0.122. The Bertz CT molecular complexity index is 686. The summed E-state index contributed by atoms with van der Waals surface area (Å²) in [5.74, 6) is 1.23. The first-order valence-electron chi connectivity index (χ1n) is 8.57. The maximum absolute atomic E-state index is 9.16. The van der Waals surface area contributed by atoms with Crippen LogP contribution in [0.1, 0.15) is 12.6 Å². The molecule has 1 aliphatic rings. The van der Waals surface area contributed by atoms with Gasteiger partial charge in [0.15, 0.2) is 0 Å². The molecule has 2 aromatic rings. The second-order valence-corrected chi connectivity index (χ2v) is 6.22. The summed E-state index contributed by atoms with van der Waals surface area (Å²) < 4.78 is 5.39. The average molecular weight is 343 g/mol. The van der Waals surface area contributed by atoms with E-state index in [0.717, 1.165) is 43.5 Å². The highest BCUT2D eigenvalue weighted by Crippen LogP contribution is 2.22. The molecule has 0 radical (unpaired) electrons. The molecule has 1 aromatic heterocycles. The highest BCUT2D eigenvalue weighted by Gasteiger charge is 2.11. The third kappa shape index (κ3) is 4.80. The fraction of sp³-hybridized carbons (Fsp3) is 0.444. The molecule has 1 aliphatic heterocycles. The number of aryl methyl sites for hydroxylation is 1. The first kappa shape index (κ1) is 17.4. The van der Waals surface area contributed by atoms with Gasteiger partial charge in [0.25, 0.3) is 0 Å². The van der Waals surface area contributed by atoms with Crippen molar-refractivity contribution >= 4 is 23.1 Å². The van der Waals surface area contributed by atoms with Crippen LogP contribution in [0.5, 0.6) is 0 Å². The minimum atomic E-state index is -0.0949. The van der Waals surface area contributed by atoms with Crippen LogP contribution in [0.2, 0.25) is 0 Å². The summed E-state index contributed by atoms with van der Waals surface area (Å²) in [6.07, 6.45) is 0. The number of morpholine rings is 1. The molecule has 0 amide bonds. The van der Waals surface area contributed by atoms with E-state index in [0.29, 0.717) is 5.95 Å². The Kier molecular flexibility index (Phi) is 5.67. The molecular formula is C18H25N5O2. The molecule has 134 valence electrons. The molecule has 1 saturated heterocycles. The molecule has 0 spiro atoms. The maximum Gasteiger partial charge on any atom is 0.225 e. The number of aromatic nitrogens is 2. The predicted molar refractivity (Wildman–Crippen MR) is 99.7 cm³/mol. The predicted octanol–water partition coefficient (Wildman–Crippen LogP) is 2.16. The topological polar surface area (TPSA) is 82.5 Å². The Balaban J connectivity index is 1.69. The zero-order chi connectivity index (χ0) is 17.6. The SMILES string of the molecule is Cc1cc(Nc2ccc(N3CCOCC3)cc2)nc(NC(C)CO)n1. The van der Waals surface area contributed by atoms with Gasteiger partial charge in [-0.05, 0) is 38.1 Å². The van der Waals surface area contributed by atoms with Crippen molar-refractivity contribution in [3.05, 3.63) is 36.0 Å². The molecule has 0 aliphatic carbocycles. The van der Waals surface area contributed by atoms with Crippen molar-refractivity contribution in [2.24, 2.45) is 0 Å². The molecule has 3 rings (SSSR count). The average Bonchev–Trinajstić information content (AvgIpc) is 2.62. The number of nitrogens with zero attached hydrogens (tertiary/aromatic N) is 3. The van der Waals surface area contributed by atoms with Gasteiger partial charge < -0.3 is 25.4 Å². The Morgan fingerprint density at radius 2 is 1.92 bits per heavy atom. The summed E-state index contributed by atoms with van der Waals surface area (Å²) in [6, 6.07) is 10.1. The highest BCUT2D eigenvalue weighted by atomic mass is 16.5. The van der Waals surface area contributed by atoms with Gasteiger partial charge in [0.1, 0.15) is 5.82 Å². The number of rotatable bonds is 6. The van der Waals surface area contributed by atoms with Crippen LogP contribution in [0.4, 0.5) is 23.1 Å². The lowest BCUT2D eigenvalue weighted by atomic mass is 10.2. The minimum absolute atomic E-state index is 0.0308. The number of aliphatic hydroxyl groups excluding tert-OH is 1. The van der Waals surface area contributed by atoms with Crippen LogP contribution in [0.15, 0.2) is 30.3 Å². The normalized spacial score (nSPS) is 15.7. The van der Waals surface area contributed by atoms with Gasteiger partial charge in [-0.15, -0.1) is 0 Å². The van der Waals surface area contributed by atoms with Crippen molar-refractivity contribution in [2.75, 3.05) is 48.4 Å². The van der Waals surface area contributed by atoms with E-state index in [2.05, 4.69) is 37.6 Å². The van der Waals surface area contributed by atoms with Crippen molar-refractivity contribution in [3.63, 3.8) is 0 Å². The van der Waals surface area contributed by atoms with Crippen molar-refractivity contribution in [2.45, 2.75) is 19.9 Å². The quantitative estimate of drug-likeness (QED) is 0.741. The molecule has 1 aromatic carbocycles. The van der Waals surface area contributed by atoms with Crippen molar-refractivity contribution in [3.8, 4) is 0 Å². The summed E-state index contributed by atoms with van der Waals surface area (Å²) in [6.45, 7) is 7.24. The van der Waals surface area contributed by atoms with E-state index in [1.165, 1.54) is 5.69 Å². The number of aliphatic hydroxyl groups is 1. The minimum Gasteiger partial charge on any atom is -0.394 e. The van der Waals surface area contributed by atoms with E-state index in [1.54, 1.807) is 0 Å². The van der Waals surface area contributed by atoms with Gasteiger partial charge in [0, 0.05) is 42.3 Å². The summed E-state index contributed by atoms with van der Waals surface area (Å²) in [5.41, 5.74) is 3.03. The third-order valence-electron chi connectivity index (χ3n) is 4.02. The third-order valence-corrected chi connectivity index (χ3v) is 4.02. The number of hydrogen-bond acceptors (Lipinski definition) is 7. The zero-order valence-corrected chi connectivity index (χ0v) is 14.7. The van der Waals surface area contributed by atoms with Crippen LogP contribution >= 0.6 is 0 Å². The summed E-state index contributed by atoms with van der Waals surface area (Å²) in [7, 11) is 0. The van der Waals surface area contributed by atoms with E-state index >= 15 is 0 Å². The number of nitrogens with one attached hydrogen (secondary N) is 2. The Hall–Kier alpha value is -2.38. The molecule has 0 bridgehead atoms. The number of ether oxygens (including phenoxy) is 1. The molecule has 7 nitrogen and oxygen atoms in total. The first-order valence-corrected chi connectivity index (χ1v) is 8.57. The van der Waals surface area contributed by atoms with Crippen molar-refractivity contribution in [1.82, 2.24) is 9.97 Å². The van der Waals surface area contributed by atoms with Crippen molar-refractivity contribution in [1.29, 1.82) is 0 Å². The number of benzene rings is 1. The smallest absolute Gasteiger partial charge is 0.225 e. The standard InChI is InChI=1S/C18H25N5O2/c1-13-11-17(22-18(19-13)20-14(2)12-24)21-15-3-5-16(6-4-15)23-7-9-25-10-8-23/h3-6,11,14,24H,7-10,12H2,1-2H3,(H2,19,20,21,22). The van der Waals surface area contributed by atoms with Gasteiger partial charge in [-0.25, -0.2) is 4.98 Å². The van der Waals surface area contributed by atoms with E-state index in [4.69, 9.17) is 9.84 Å². The molecule has 7 heteroatoms. The highest BCUT2D eigenvalue weighted by molar-refractivity contribution is 5.61. The van der Waals surface area contributed by atoms with Crippen LogP contribution in [0.25, 0.3) is 0 Å². The van der Waals surface area contributed by atoms with Crippen molar-refractivity contribution < 1.29 is 9.84 Å². The Labute approximate surface area is 148 Å². The lowest BCUT2D eigenvalue weighted by Crippen LogP contribution is -2.36. The molecule has 0 saturated carbocycles. The molecule has 25 heavy (non-hydrogen) atoms. The van der Waals surface area contributed by atoms with E-state index in [9.17, 15) is 0 Å². The van der Waals surface area contributed by atoms with Gasteiger partial charge in [-0.1, -0.05) is 0 Å². The van der Waals surface area contributed by atoms with Gasteiger partial charge in [-0.3, -0.25) is 0 Å². The monoisotopic (exact) mass is 343 g/mol.